The number of carbonyl (C=O) groups is 1. The lowest BCUT2D eigenvalue weighted by molar-refractivity contribution is -0.114. The van der Waals surface area contributed by atoms with E-state index < -0.39 is 11.7 Å². The summed E-state index contributed by atoms with van der Waals surface area (Å²) in [5.74, 6) is -3.42. The minimum atomic E-state index is -3.23. The van der Waals surface area contributed by atoms with Gasteiger partial charge >= 0.3 is 5.92 Å². The number of fused-ring (bicyclic) bond motifs is 1. The van der Waals surface area contributed by atoms with E-state index >= 15 is 0 Å². The second kappa shape index (κ2) is 7.53. The topological polar surface area (TPSA) is 90.5 Å². The van der Waals surface area contributed by atoms with Crippen LogP contribution in [0.2, 0.25) is 0 Å². The molecule has 0 fully saturated rings. The summed E-state index contributed by atoms with van der Waals surface area (Å²) in [4.78, 5) is 24.0. The predicted octanol–water partition coefficient (Wildman–Crippen LogP) is 3.85. The van der Waals surface area contributed by atoms with Crippen LogP contribution in [0.15, 0.2) is 36.9 Å². The number of nitrogens with one attached hydrogen (secondary N) is 1. The van der Waals surface area contributed by atoms with Crippen LogP contribution in [-0.4, -0.2) is 35.2 Å². The first-order valence-corrected chi connectivity index (χ1v) is 9.70. The van der Waals surface area contributed by atoms with E-state index in [1.54, 1.807) is 47.0 Å². The molecule has 0 aliphatic carbocycles. The third-order valence-electron chi connectivity index (χ3n) is 4.81. The van der Waals surface area contributed by atoms with Crippen LogP contribution in [0, 0.1) is 0 Å². The maximum atomic E-state index is 14.2. The molecule has 31 heavy (non-hydrogen) atoms. The van der Waals surface area contributed by atoms with Crippen LogP contribution in [0.1, 0.15) is 32.2 Å². The summed E-state index contributed by atoms with van der Waals surface area (Å²) in [5, 5.41) is 7.61. The van der Waals surface area contributed by atoms with Crippen LogP contribution in [0.4, 0.5) is 14.6 Å². The SMILES string of the molecule is CCc1cn(-c2cc(-c3cnn(C)c3)nc(C(C)(F)F)n2)c2cc(NC(C)=O)ncc12. The molecule has 0 saturated carbocycles. The zero-order chi connectivity index (χ0) is 22.3. The fourth-order valence-electron chi connectivity index (χ4n) is 3.36. The molecule has 4 aromatic heterocycles. The van der Waals surface area contributed by atoms with Crippen molar-refractivity contribution in [3.8, 4) is 17.1 Å². The molecule has 1 amide bonds. The number of aryl methyl sites for hydroxylation is 2. The van der Waals surface area contributed by atoms with E-state index in [1.807, 2.05) is 13.1 Å². The molecule has 0 aliphatic heterocycles. The van der Waals surface area contributed by atoms with Crippen molar-refractivity contribution in [2.45, 2.75) is 33.1 Å². The van der Waals surface area contributed by atoms with Crippen molar-refractivity contribution in [2.24, 2.45) is 7.05 Å². The standard InChI is InChI=1S/C21H21F2N7O/c1-5-13-11-30(17-7-18(26-12(2)31)24-9-15(13)17)19-6-16(14-8-25-29(4)10-14)27-20(28-19)21(3,22)23/h6-11H,5H2,1-4H3,(H,24,26,31). The predicted molar refractivity (Wildman–Crippen MR) is 112 cm³/mol. The first-order chi connectivity index (χ1) is 14.7. The van der Waals surface area contributed by atoms with Crippen molar-refractivity contribution in [3.05, 3.63) is 48.3 Å². The van der Waals surface area contributed by atoms with Crippen molar-refractivity contribution in [3.63, 3.8) is 0 Å². The highest BCUT2D eigenvalue weighted by Gasteiger charge is 2.30. The Balaban J connectivity index is 1.96. The Morgan fingerprint density at radius 1 is 1.19 bits per heavy atom. The van der Waals surface area contributed by atoms with Crippen LogP contribution < -0.4 is 5.32 Å². The summed E-state index contributed by atoms with van der Waals surface area (Å²) >= 11 is 0. The van der Waals surface area contributed by atoms with E-state index in [2.05, 4.69) is 25.4 Å². The number of pyridine rings is 1. The smallest absolute Gasteiger partial charge is 0.303 e. The molecule has 0 spiro atoms. The Labute approximate surface area is 177 Å². The monoisotopic (exact) mass is 425 g/mol. The Morgan fingerprint density at radius 2 is 1.97 bits per heavy atom. The van der Waals surface area contributed by atoms with Gasteiger partial charge in [0.25, 0.3) is 0 Å². The molecule has 1 N–H and O–H groups in total. The van der Waals surface area contributed by atoms with Gasteiger partial charge in [-0.1, -0.05) is 6.92 Å². The van der Waals surface area contributed by atoms with Crippen LogP contribution in [0.3, 0.4) is 0 Å². The molecule has 0 saturated heterocycles. The first kappa shape index (κ1) is 20.6. The molecule has 4 rings (SSSR count). The Morgan fingerprint density at radius 3 is 2.58 bits per heavy atom. The van der Waals surface area contributed by atoms with Crippen molar-refractivity contribution in [1.29, 1.82) is 0 Å². The van der Waals surface area contributed by atoms with E-state index in [-0.39, 0.29) is 11.7 Å². The Hall–Kier alpha value is -3.69. The van der Waals surface area contributed by atoms with E-state index in [0.29, 0.717) is 29.0 Å². The van der Waals surface area contributed by atoms with Crippen LogP contribution in [-0.2, 0) is 24.2 Å². The summed E-state index contributed by atoms with van der Waals surface area (Å²) in [6.45, 7) is 4.15. The first-order valence-electron chi connectivity index (χ1n) is 9.70. The quantitative estimate of drug-likeness (QED) is 0.525. The average molecular weight is 425 g/mol. The molecular weight excluding hydrogens is 404 g/mol. The molecule has 8 nitrogen and oxygen atoms in total. The number of anilines is 1. The molecule has 0 bridgehead atoms. The largest absolute Gasteiger partial charge is 0.311 e. The third-order valence-corrected chi connectivity index (χ3v) is 4.81. The van der Waals surface area contributed by atoms with Gasteiger partial charge in [0.15, 0.2) is 0 Å². The second-order valence-electron chi connectivity index (χ2n) is 7.37. The van der Waals surface area contributed by atoms with Gasteiger partial charge in [-0.05, 0) is 12.0 Å². The fraction of sp³-hybridized carbons (Fsp3) is 0.286. The van der Waals surface area contributed by atoms with Gasteiger partial charge in [-0.25, -0.2) is 15.0 Å². The molecular formula is C21H21F2N7O. The molecule has 0 unspecified atom stereocenters. The van der Waals surface area contributed by atoms with E-state index in [0.717, 1.165) is 17.9 Å². The number of hydrogen-bond acceptors (Lipinski definition) is 5. The van der Waals surface area contributed by atoms with Crippen LogP contribution in [0.5, 0.6) is 0 Å². The summed E-state index contributed by atoms with van der Waals surface area (Å²) in [5.41, 5.74) is 2.61. The van der Waals surface area contributed by atoms with Crippen molar-refractivity contribution in [1.82, 2.24) is 29.3 Å². The van der Waals surface area contributed by atoms with E-state index in [9.17, 15) is 13.6 Å². The van der Waals surface area contributed by atoms with Gasteiger partial charge in [-0.3, -0.25) is 9.48 Å². The minimum absolute atomic E-state index is 0.255. The van der Waals surface area contributed by atoms with Crippen LogP contribution in [0.25, 0.3) is 28.0 Å². The third kappa shape index (κ3) is 4.00. The molecule has 4 heterocycles. The zero-order valence-corrected chi connectivity index (χ0v) is 17.5. The van der Waals surface area contributed by atoms with Crippen LogP contribution >= 0.6 is 0 Å². The number of carbonyl (C=O) groups excluding carboxylic acids is 1. The second-order valence-corrected chi connectivity index (χ2v) is 7.37. The van der Waals surface area contributed by atoms with Crippen molar-refractivity contribution in [2.75, 3.05) is 5.32 Å². The van der Waals surface area contributed by atoms with Gasteiger partial charge in [-0.2, -0.15) is 13.9 Å². The molecule has 0 aliphatic rings. The number of rotatable bonds is 5. The lowest BCUT2D eigenvalue weighted by Crippen LogP contribution is -2.15. The summed E-state index contributed by atoms with van der Waals surface area (Å²) in [7, 11) is 1.74. The molecule has 0 aromatic carbocycles. The molecule has 0 atom stereocenters. The maximum Gasteiger partial charge on any atom is 0.303 e. The number of aromatic nitrogens is 6. The highest BCUT2D eigenvalue weighted by atomic mass is 19.3. The van der Waals surface area contributed by atoms with E-state index in [1.165, 1.54) is 6.92 Å². The minimum Gasteiger partial charge on any atom is -0.311 e. The van der Waals surface area contributed by atoms with Gasteiger partial charge < -0.3 is 9.88 Å². The summed E-state index contributed by atoms with van der Waals surface area (Å²) in [6, 6.07) is 3.34. The van der Waals surface area contributed by atoms with E-state index in [4.69, 9.17) is 0 Å². The molecule has 10 heteroatoms. The van der Waals surface area contributed by atoms with Crippen molar-refractivity contribution >= 4 is 22.6 Å². The van der Waals surface area contributed by atoms with Gasteiger partial charge in [0.05, 0.1) is 17.4 Å². The van der Waals surface area contributed by atoms with Gasteiger partial charge in [0.1, 0.15) is 11.6 Å². The summed E-state index contributed by atoms with van der Waals surface area (Å²) in [6.07, 6.45) is 7.48. The molecule has 0 radical (unpaired) electrons. The van der Waals surface area contributed by atoms with Gasteiger partial charge in [-0.15, -0.1) is 0 Å². The van der Waals surface area contributed by atoms with Crippen molar-refractivity contribution < 1.29 is 13.6 Å². The highest BCUT2D eigenvalue weighted by Crippen LogP contribution is 2.31. The number of hydrogen-bond donors (Lipinski definition) is 1. The summed E-state index contributed by atoms with van der Waals surface area (Å²) < 4.78 is 31.8. The van der Waals surface area contributed by atoms with Gasteiger partial charge in [0.2, 0.25) is 11.7 Å². The zero-order valence-electron chi connectivity index (χ0n) is 17.5. The Kier molecular flexibility index (Phi) is 5.00. The maximum absolute atomic E-state index is 14.2. The normalized spacial score (nSPS) is 11.8. The number of amides is 1. The lowest BCUT2D eigenvalue weighted by atomic mass is 10.2. The molecule has 160 valence electrons. The number of alkyl halides is 2. The average Bonchev–Trinajstić information content (AvgIpc) is 3.30. The Bertz CT molecular complexity index is 1290. The molecule has 4 aromatic rings. The fourth-order valence-corrected chi connectivity index (χ4v) is 3.36. The number of nitrogens with zero attached hydrogens (tertiary/aromatic N) is 6. The lowest BCUT2D eigenvalue weighted by Gasteiger charge is -2.13. The number of halogens is 2. The highest BCUT2D eigenvalue weighted by molar-refractivity contribution is 5.92. The van der Waals surface area contributed by atoms with Gasteiger partial charge in [0, 0.05) is 62.6 Å².